The van der Waals surface area contributed by atoms with Crippen LogP contribution in [0.2, 0.25) is 5.02 Å². The van der Waals surface area contributed by atoms with Crippen molar-refractivity contribution in [1.82, 2.24) is 15.0 Å². The van der Waals surface area contributed by atoms with Gasteiger partial charge in [0.25, 0.3) is 5.56 Å². The Kier molecular flexibility index (Phi) is 7.24. The molecule has 0 spiro atoms. The number of hydrogen-bond acceptors (Lipinski definition) is 6. The second kappa shape index (κ2) is 10.8. The van der Waals surface area contributed by atoms with Gasteiger partial charge in [-0.2, -0.15) is 0 Å². The van der Waals surface area contributed by atoms with Gasteiger partial charge in [0.2, 0.25) is 0 Å². The Bertz CT molecular complexity index is 1570. The molecular formula is C29H26ClN3O5. The Morgan fingerprint density at radius 1 is 1.08 bits per heavy atom. The minimum atomic E-state index is -1.05. The van der Waals surface area contributed by atoms with E-state index in [9.17, 15) is 19.5 Å². The fraction of sp³-hybridized carbons (Fsp3) is 0.276. The number of halogens is 1. The average molecular weight is 532 g/mol. The number of carboxylic acid groups (broad SMARTS) is 1. The first-order valence-corrected chi connectivity index (χ1v) is 12.8. The molecule has 0 unspecified atom stereocenters. The molecule has 9 heteroatoms. The number of rotatable bonds is 8. The zero-order valence-electron chi connectivity index (χ0n) is 20.7. The molecule has 5 rings (SSSR count). The van der Waals surface area contributed by atoms with Crippen molar-refractivity contribution in [3.63, 3.8) is 0 Å². The number of nitrogens with zero attached hydrogens (tertiary/aromatic N) is 3. The molecule has 4 aromatic rings. The molecule has 0 bridgehead atoms. The maximum absolute atomic E-state index is 13.4. The van der Waals surface area contributed by atoms with Crippen LogP contribution in [0, 0.1) is 24.7 Å². The highest BCUT2D eigenvalue weighted by molar-refractivity contribution is 6.30. The lowest BCUT2D eigenvalue weighted by Gasteiger charge is -2.20. The third-order valence-corrected chi connectivity index (χ3v) is 7.36. The Hall–Kier alpha value is -4.04. The monoisotopic (exact) mass is 531 g/mol. The molecular weight excluding hydrogens is 506 g/mol. The Balaban J connectivity index is 1.29. The topological polar surface area (TPSA) is 111 Å². The summed E-state index contributed by atoms with van der Waals surface area (Å²) < 4.78 is 7.01. The number of hydrogen-bond donors (Lipinski definition) is 1. The number of benzene rings is 3. The number of carbonyl (C=O) groups is 2. The van der Waals surface area contributed by atoms with Crippen LogP contribution in [-0.4, -0.2) is 31.9 Å². The summed E-state index contributed by atoms with van der Waals surface area (Å²) in [5, 5.41) is 19.3. The van der Waals surface area contributed by atoms with Crippen LogP contribution in [0.3, 0.4) is 0 Å². The van der Waals surface area contributed by atoms with E-state index in [2.05, 4.69) is 10.3 Å². The maximum atomic E-state index is 13.4. The lowest BCUT2D eigenvalue weighted by molar-refractivity contribution is -0.144. The Morgan fingerprint density at radius 3 is 2.61 bits per heavy atom. The van der Waals surface area contributed by atoms with Gasteiger partial charge in [-0.3, -0.25) is 14.4 Å². The van der Waals surface area contributed by atoms with Crippen molar-refractivity contribution in [2.45, 2.75) is 32.9 Å². The predicted molar refractivity (Wildman–Crippen MR) is 142 cm³/mol. The van der Waals surface area contributed by atoms with Crippen LogP contribution in [0.1, 0.15) is 34.3 Å². The van der Waals surface area contributed by atoms with Crippen LogP contribution >= 0.6 is 11.6 Å². The van der Waals surface area contributed by atoms with Gasteiger partial charge in [0.05, 0.1) is 17.8 Å². The highest BCUT2D eigenvalue weighted by atomic mass is 35.5. The highest BCUT2D eigenvalue weighted by Crippen LogP contribution is 2.40. The SMILES string of the molecule is Cc1ccc2nnn(C[C@@H]3CC[C@H](C(=O)c4ccc(OCc5cccc(Cl)c5)cc4)[C@H]3C(=O)O)c(=O)c2c1. The van der Waals surface area contributed by atoms with Crippen LogP contribution < -0.4 is 10.3 Å². The van der Waals surface area contributed by atoms with Crippen LogP contribution in [0.25, 0.3) is 10.9 Å². The molecule has 3 atom stereocenters. The molecule has 0 radical (unpaired) electrons. The molecule has 0 amide bonds. The third-order valence-electron chi connectivity index (χ3n) is 7.13. The van der Waals surface area contributed by atoms with Gasteiger partial charge in [-0.1, -0.05) is 40.6 Å². The molecule has 1 aliphatic carbocycles. The number of ketones is 1. The fourth-order valence-electron chi connectivity index (χ4n) is 5.21. The van der Waals surface area contributed by atoms with Gasteiger partial charge < -0.3 is 9.84 Å². The molecule has 0 aliphatic heterocycles. The molecule has 1 N–H and O–H groups in total. The quantitative estimate of drug-likeness (QED) is 0.320. The molecule has 1 fully saturated rings. The van der Waals surface area contributed by atoms with Gasteiger partial charge in [-0.15, -0.1) is 5.10 Å². The van der Waals surface area contributed by atoms with Crippen molar-refractivity contribution < 1.29 is 19.4 Å². The summed E-state index contributed by atoms with van der Waals surface area (Å²) in [7, 11) is 0. The number of aliphatic carboxylic acids is 1. The molecule has 1 aromatic heterocycles. The van der Waals surface area contributed by atoms with Gasteiger partial charge in [-0.05, 0) is 79.8 Å². The van der Waals surface area contributed by atoms with Gasteiger partial charge in [0, 0.05) is 16.5 Å². The normalized spacial score (nSPS) is 18.9. The lowest BCUT2D eigenvalue weighted by atomic mass is 9.84. The number of aromatic nitrogens is 3. The van der Waals surface area contributed by atoms with Gasteiger partial charge >= 0.3 is 5.97 Å². The van der Waals surface area contributed by atoms with E-state index < -0.39 is 23.7 Å². The molecule has 38 heavy (non-hydrogen) atoms. The summed E-state index contributed by atoms with van der Waals surface area (Å²) in [4.78, 5) is 38.6. The van der Waals surface area contributed by atoms with Crippen molar-refractivity contribution in [3.05, 3.63) is 98.8 Å². The van der Waals surface area contributed by atoms with E-state index in [1.165, 1.54) is 4.68 Å². The first-order chi connectivity index (χ1) is 18.3. The smallest absolute Gasteiger partial charge is 0.307 e. The van der Waals surface area contributed by atoms with E-state index in [1.54, 1.807) is 42.5 Å². The Labute approximate surface area is 223 Å². The van der Waals surface area contributed by atoms with E-state index in [1.807, 2.05) is 31.2 Å². The highest BCUT2D eigenvalue weighted by Gasteiger charge is 2.45. The van der Waals surface area contributed by atoms with Crippen molar-refractivity contribution in [2.24, 2.45) is 17.8 Å². The predicted octanol–water partition coefficient (Wildman–Crippen LogP) is 4.94. The molecule has 1 aliphatic rings. The van der Waals surface area contributed by atoms with Gasteiger partial charge in [0.1, 0.15) is 17.9 Å². The van der Waals surface area contributed by atoms with Crippen LogP contribution in [0.5, 0.6) is 5.75 Å². The largest absolute Gasteiger partial charge is 0.489 e. The molecule has 1 heterocycles. The standard InChI is InChI=1S/C29H26ClN3O5/c1-17-5-12-25-24(13-17)28(35)33(32-31-25)15-20-8-11-23(26(20)29(36)37)27(34)19-6-9-22(10-7-19)38-16-18-3-2-4-21(30)14-18/h2-7,9-10,12-14,20,23,26H,8,11,15-16H2,1H3,(H,36,37)/t20-,23-,26-/m0/s1. The molecule has 194 valence electrons. The molecule has 8 nitrogen and oxygen atoms in total. The fourth-order valence-corrected chi connectivity index (χ4v) is 5.42. The maximum Gasteiger partial charge on any atom is 0.307 e. The summed E-state index contributed by atoms with van der Waals surface area (Å²) in [6, 6.07) is 19.4. The summed E-state index contributed by atoms with van der Waals surface area (Å²) in [6.45, 7) is 2.30. The second-order valence-corrected chi connectivity index (χ2v) is 10.1. The lowest BCUT2D eigenvalue weighted by Crippen LogP contribution is -2.34. The molecule has 0 saturated heterocycles. The van der Waals surface area contributed by atoms with Crippen molar-refractivity contribution in [1.29, 1.82) is 0 Å². The average Bonchev–Trinajstić information content (AvgIpc) is 3.33. The number of ether oxygens (including phenoxy) is 1. The summed E-state index contributed by atoms with van der Waals surface area (Å²) in [5.74, 6) is -2.73. The summed E-state index contributed by atoms with van der Waals surface area (Å²) in [5.41, 5.74) is 2.45. The Morgan fingerprint density at radius 2 is 1.87 bits per heavy atom. The van der Waals surface area contributed by atoms with Crippen LogP contribution in [-0.2, 0) is 17.9 Å². The van der Waals surface area contributed by atoms with Crippen molar-refractivity contribution >= 4 is 34.3 Å². The van der Waals surface area contributed by atoms with E-state index >= 15 is 0 Å². The van der Waals surface area contributed by atoms with Crippen LogP contribution in [0.4, 0.5) is 0 Å². The first kappa shape index (κ1) is 25.6. The number of aryl methyl sites for hydroxylation is 1. The number of carbonyl (C=O) groups excluding carboxylic acids is 1. The summed E-state index contributed by atoms with van der Waals surface area (Å²) in [6.07, 6.45) is 0.913. The van der Waals surface area contributed by atoms with Crippen molar-refractivity contribution in [3.8, 4) is 5.75 Å². The van der Waals surface area contributed by atoms with Crippen LogP contribution in [0.15, 0.2) is 71.5 Å². The van der Waals surface area contributed by atoms with E-state index in [4.69, 9.17) is 16.3 Å². The van der Waals surface area contributed by atoms with E-state index in [0.29, 0.717) is 46.7 Å². The minimum absolute atomic E-state index is 0.0900. The zero-order chi connectivity index (χ0) is 26.8. The number of Topliss-reactive ketones (excluding diaryl/α,β-unsaturated/α-hetero) is 1. The van der Waals surface area contributed by atoms with Gasteiger partial charge in [-0.25, -0.2) is 4.68 Å². The number of carboxylic acids is 1. The third kappa shape index (κ3) is 5.31. The minimum Gasteiger partial charge on any atom is -0.489 e. The second-order valence-electron chi connectivity index (χ2n) is 9.71. The van der Waals surface area contributed by atoms with E-state index in [0.717, 1.165) is 11.1 Å². The first-order valence-electron chi connectivity index (χ1n) is 12.4. The zero-order valence-corrected chi connectivity index (χ0v) is 21.5. The van der Waals surface area contributed by atoms with Crippen molar-refractivity contribution in [2.75, 3.05) is 0 Å². The van der Waals surface area contributed by atoms with Gasteiger partial charge in [0.15, 0.2) is 5.78 Å². The molecule has 3 aromatic carbocycles. The van der Waals surface area contributed by atoms with E-state index in [-0.39, 0.29) is 17.9 Å². The molecule has 1 saturated carbocycles. The summed E-state index contributed by atoms with van der Waals surface area (Å²) >= 11 is 6.01. The number of fused-ring (bicyclic) bond motifs is 1.